The molecule has 1 aromatic rings. The minimum atomic E-state index is 0. The summed E-state index contributed by atoms with van der Waals surface area (Å²) < 4.78 is 5.22. The van der Waals surface area contributed by atoms with Gasteiger partial charge in [0.1, 0.15) is 0 Å². The Morgan fingerprint density at radius 1 is 1.00 bits per heavy atom. The smallest absolute Gasteiger partial charge is 0.191 e. The van der Waals surface area contributed by atoms with Gasteiger partial charge in [0.05, 0.1) is 13.2 Å². The minimum absolute atomic E-state index is 0. The number of ether oxygens (including phenoxy) is 1. The van der Waals surface area contributed by atoms with Crippen molar-refractivity contribution in [2.45, 2.75) is 64.6 Å². The maximum Gasteiger partial charge on any atom is 0.191 e. The highest BCUT2D eigenvalue weighted by Gasteiger charge is 2.19. The van der Waals surface area contributed by atoms with Gasteiger partial charge >= 0.3 is 0 Å². The third-order valence-corrected chi connectivity index (χ3v) is 6.50. The van der Waals surface area contributed by atoms with Crippen LogP contribution in [0.4, 0.5) is 0 Å². The fourth-order valence-corrected chi connectivity index (χ4v) is 4.60. The van der Waals surface area contributed by atoms with Gasteiger partial charge in [0.15, 0.2) is 5.96 Å². The summed E-state index contributed by atoms with van der Waals surface area (Å²) in [6.45, 7) is 11.4. The van der Waals surface area contributed by atoms with Crippen molar-refractivity contribution in [1.29, 1.82) is 0 Å². The van der Waals surface area contributed by atoms with Gasteiger partial charge in [0.2, 0.25) is 0 Å². The number of hydrogen-bond donors (Lipinski definition) is 2. The number of likely N-dealkylation sites (tertiary alicyclic amines) is 2. The van der Waals surface area contributed by atoms with Gasteiger partial charge in [0.25, 0.3) is 0 Å². The van der Waals surface area contributed by atoms with Crippen molar-refractivity contribution in [2.75, 3.05) is 53.0 Å². The molecule has 2 saturated heterocycles. The molecule has 0 aromatic heterocycles. The fourth-order valence-electron chi connectivity index (χ4n) is 4.60. The van der Waals surface area contributed by atoms with Crippen LogP contribution in [0.2, 0.25) is 0 Å². The highest BCUT2D eigenvalue weighted by Crippen LogP contribution is 2.17. The van der Waals surface area contributed by atoms with Crippen molar-refractivity contribution in [1.82, 2.24) is 20.4 Å². The number of guanidine groups is 1. The number of nitrogens with one attached hydrogen (secondary N) is 2. The highest BCUT2D eigenvalue weighted by atomic mass is 127. The molecule has 2 aliphatic rings. The molecule has 0 amide bonds. The fraction of sp³-hybridized carbons (Fsp3) is 0.720. The van der Waals surface area contributed by atoms with Crippen LogP contribution in [-0.2, 0) is 17.8 Å². The summed E-state index contributed by atoms with van der Waals surface area (Å²) in [5.41, 5.74) is 2.77. The van der Waals surface area contributed by atoms with Gasteiger partial charge in [0, 0.05) is 45.9 Å². The van der Waals surface area contributed by atoms with Gasteiger partial charge in [-0.2, -0.15) is 0 Å². The second-order valence-electron chi connectivity index (χ2n) is 8.91. The van der Waals surface area contributed by atoms with Gasteiger partial charge in [-0.25, -0.2) is 4.99 Å². The largest absolute Gasteiger partial charge is 0.383 e. The molecular weight excluding hydrogens is 513 g/mol. The Morgan fingerprint density at radius 3 is 2.34 bits per heavy atom. The lowest BCUT2D eigenvalue weighted by atomic mass is 10.1. The third-order valence-electron chi connectivity index (χ3n) is 6.50. The van der Waals surface area contributed by atoms with Crippen molar-refractivity contribution >= 4 is 29.9 Å². The lowest BCUT2D eigenvalue weighted by Gasteiger charge is -2.32. The number of halogens is 1. The number of nitrogens with zero attached hydrogens (tertiary/aromatic N) is 3. The normalized spacial score (nSPS) is 19.2. The summed E-state index contributed by atoms with van der Waals surface area (Å²) in [5.74, 6) is 0.947. The van der Waals surface area contributed by atoms with Crippen molar-refractivity contribution in [3.05, 3.63) is 35.4 Å². The van der Waals surface area contributed by atoms with Gasteiger partial charge in [-0.15, -0.1) is 24.0 Å². The van der Waals surface area contributed by atoms with Crippen LogP contribution in [0.3, 0.4) is 0 Å². The molecule has 7 heteroatoms. The SMILES string of the molecule is CCNC(=NCc1ccccc1CN1CCCCCC1)NC1CCN(CCOC)CC1.I. The van der Waals surface area contributed by atoms with Crippen molar-refractivity contribution < 1.29 is 4.74 Å². The summed E-state index contributed by atoms with van der Waals surface area (Å²) >= 11 is 0. The number of methoxy groups -OCH3 is 1. The molecule has 2 aliphatic heterocycles. The van der Waals surface area contributed by atoms with E-state index in [1.54, 1.807) is 7.11 Å². The molecule has 0 bridgehead atoms. The predicted octanol–water partition coefficient (Wildman–Crippen LogP) is 3.85. The van der Waals surface area contributed by atoms with Crippen LogP contribution in [0.5, 0.6) is 0 Å². The standard InChI is InChI=1S/C25H43N5O.HI/c1-3-26-25(28-24-12-16-29(17-13-24)18-19-31-2)27-20-22-10-6-7-11-23(22)21-30-14-8-4-5-9-15-30;/h6-7,10-11,24H,3-5,8-9,12-21H2,1-2H3,(H2,26,27,28);1H. The van der Waals surface area contributed by atoms with E-state index in [0.717, 1.165) is 64.7 Å². The molecule has 2 fully saturated rings. The Bertz CT molecular complexity index is 655. The molecule has 0 unspecified atom stereocenters. The van der Waals surface area contributed by atoms with Crippen LogP contribution >= 0.6 is 24.0 Å². The van der Waals surface area contributed by atoms with Gasteiger partial charge in [-0.05, 0) is 56.8 Å². The van der Waals surface area contributed by atoms with E-state index in [-0.39, 0.29) is 24.0 Å². The van der Waals surface area contributed by atoms with Crippen LogP contribution in [0.25, 0.3) is 0 Å². The molecule has 182 valence electrons. The number of rotatable bonds is 9. The van der Waals surface area contributed by atoms with Gasteiger partial charge in [-0.3, -0.25) is 4.90 Å². The zero-order valence-corrected chi connectivity index (χ0v) is 22.5. The minimum Gasteiger partial charge on any atom is -0.383 e. The lowest BCUT2D eigenvalue weighted by molar-refractivity contribution is 0.128. The quantitative estimate of drug-likeness (QED) is 0.275. The maximum absolute atomic E-state index is 5.22. The Labute approximate surface area is 212 Å². The molecule has 0 saturated carbocycles. The molecule has 0 radical (unpaired) electrons. The maximum atomic E-state index is 5.22. The molecule has 0 atom stereocenters. The number of piperidine rings is 1. The first kappa shape index (κ1) is 27.3. The van der Waals surface area contributed by atoms with Crippen molar-refractivity contribution in [3.63, 3.8) is 0 Å². The predicted molar refractivity (Wildman–Crippen MR) is 145 cm³/mol. The summed E-state index contributed by atoms with van der Waals surface area (Å²) in [6, 6.07) is 9.33. The Hall–Kier alpha value is -0.900. The molecule has 2 N–H and O–H groups in total. The first-order valence-corrected chi connectivity index (χ1v) is 12.3. The van der Waals surface area contributed by atoms with Gasteiger partial charge in [-0.1, -0.05) is 37.1 Å². The summed E-state index contributed by atoms with van der Waals surface area (Å²) in [5, 5.41) is 7.13. The zero-order chi connectivity index (χ0) is 21.7. The Balaban J connectivity index is 0.00000363. The van der Waals surface area contributed by atoms with E-state index in [1.807, 2.05) is 0 Å². The van der Waals surface area contributed by atoms with E-state index >= 15 is 0 Å². The Kier molecular flexibility index (Phi) is 13.5. The van der Waals surface area contributed by atoms with E-state index < -0.39 is 0 Å². The second-order valence-corrected chi connectivity index (χ2v) is 8.91. The molecule has 0 spiro atoms. The lowest BCUT2D eigenvalue weighted by Crippen LogP contribution is -2.49. The zero-order valence-electron chi connectivity index (χ0n) is 20.2. The van der Waals surface area contributed by atoms with Crippen LogP contribution in [0.1, 0.15) is 56.6 Å². The molecule has 6 nitrogen and oxygen atoms in total. The van der Waals surface area contributed by atoms with E-state index in [1.165, 1.54) is 49.9 Å². The first-order chi connectivity index (χ1) is 15.3. The topological polar surface area (TPSA) is 52.1 Å². The molecule has 0 aliphatic carbocycles. The first-order valence-electron chi connectivity index (χ1n) is 12.3. The Morgan fingerprint density at radius 2 is 1.69 bits per heavy atom. The molecule has 1 aromatic carbocycles. The monoisotopic (exact) mass is 557 g/mol. The van der Waals surface area contributed by atoms with Gasteiger partial charge < -0.3 is 20.3 Å². The number of hydrogen-bond acceptors (Lipinski definition) is 4. The van der Waals surface area contributed by atoms with Crippen molar-refractivity contribution in [2.24, 2.45) is 4.99 Å². The molecule has 2 heterocycles. The number of benzene rings is 1. The van der Waals surface area contributed by atoms with E-state index in [9.17, 15) is 0 Å². The van der Waals surface area contributed by atoms with E-state index in [0.29, 0.717) is 6.04 Å². The average Bonchev–Trinajstić information content (AvgIpc) is 3.07. The third kappa shape index (κ3) is 9.53. The van der Waals surface area contributed by atoms with Crippen LogP contribution in [0.15, 0.2) is 29.3 Å². The second kappa shape index (κ2) is 15.9. The van der Waals surface area contributed by atoms with Crippen molar-refractivity contribution in [3.8, 4) is 0 Å². The van der Waals surface area contributed by atoms with E-state index in [2.05, 4.69) is 51.6 Å². The number of aliphatic imine (C=N–C) groups is 1. The highest BCUT2D eigenvalue weighted by molar-refractivity contribution is 14.0. The van der Waals surface area contributed by atoms with E-state index in [4.69, 9.17) is 9.73 Å². The molecule has 32 heavy (non-hydrogen) atoms. The van der Waals surface area contributed by atoms with Crippen LogP contribution < -0.4 is 10.6 Å². The molecule has 3 rings (SSSR count). The summed E-state index contributed by atoms with van der Waals surface area (Å²) in [7, 11) is 1.78. The van der Waals surface area contributed by atoms with Crippen LogP contribution in [-0.4, -0.2) is 74.8 Å². The van der Waals surface area contributed by atoms with Crippen LogP contribution in [0, 0.1) is 0 Å². The summed E-state index contributed by atoms with van der Waals surface area (Å²) in [6.07, 6.45) is 7.73. The molecular formula is C25H44IN5O. The average molecular weight is 558 g/mol. The summed E-state index contributed by atoms with van der Waals surface area (Å²) in [4.78, 5) is 10.1.